The molecule has 2 aromatic carbocycles. The van der Waals surface area contributed by atoms with Crippen LogP contribution in [-0.4, -0.2) is 47.9 Å². The lowest BCUT2D eigenvalue weighted by Gasteiger charge is -2.31. The third-order valence-corrected chi connectivity index (χ3v) is 5.87. The van der Waals surface area contributed by atoms with E-state index in [0.717, 1.165) is 12.8 Å². The van der Waals surface area contributed by atoms with Crippen molar-refractivity contribution in [1.82, 2.24) is 10.2 Å². The van der Waals surface area contributed by atoms with Crippen molar-refractivity contribution in [2.24, 2.45) is 0 Å². The van der Waals surface area contributed by atoms with Gasteiger partial charge >= 0.3 is 5.69 Å². The molecule has 0 bridgehead atoms. The van der Waals surface area contributed by atoms with Crippen molar-refractivity contribution >= 4 is 40.7 Å². The lowest BCUT2D eigenvalue weighted by molar-refractivity contribution is -0.385. The Morgan fingerprint density at radius 1 is 1.17 bits per heavy atom. The van der Waals surface area contributed by atoms with Crippen LogP contribution < -0.4 is 14.8 Å². The first-order chi connectivity index (χ1) is 16.7. The van der Waals surface area contributed by atoms with Gasteiger partial charge in [0.1, 0.15) is 11.8 Å². The second-order valence-electron chi connectivity index (χ2n) is 7.71. The SMILES string of the molecule is CCCCNC(=O)[C@H](CC)N(Cc1ccc(Cl)cc1Cl)C(=O)COc1ccc([N+](=O)[O-])c(OC)c1. The minimum Gasteiger partial charge on any atom is -0.490 e. The smallest absolute Gasteiger partial charge is 0.311 e. The highest BCUT2D eigenvalue weighted by atomic mass is 35.5. The number of rotatable bonds is 13. The van der Waals surface area contributed by atoms with Crippen molar-refractivity contribution in [2.45, 2.75) is 45.7 Å². The summed E-state index contributed by atoms with van der Waals surface area (Å²) in [4.78, 5) is 38.1. The molecule has 0 aliphatic heterocycles. The van der Waals surface area contributed by atoms with E-state index in [2.05, 4.69) is 5.32 Å². The molecule has 0 radical (unpaired) electrons. The number of nitro groups is 1. The van der Waals surface area contributed by atoms with Crippen molar-refractivity contribution < 1.29 is 24.0 Å². The molecule has 0 aromatic heterocycles. The van der Waals surface area contributed by atoms with E-state index in [9.17, 15) is 19.7 Å². The lowest BCUT2D eigenvalue weighted by atomic mass is 10.1. The summed E-state index contributed by atoms with van der Waals surface area (Å²) in [7, 11) is 1.30. The van der Waals surface area contributed by atoms with Crippen molar-refractivity contribution in [3.63, 3.8) is 0 Å². The Morgan fingerprint density at radius 3 is 2.51 bits per heavy atom. The maximum atomic E-state index is 13.3. The largest absolute Gasteiger partial charge is 0.490 e. The van der Waals surface area contributed by atoms with Gasteiger partial charge in [-0.05, 0) is 36.6 Å². The standard InChI is InChI=1S/C24H29Cl2N3O6/c1-4-6-11-27-24(31)20(5-2)28(14-16-7-8-17(25)12-19(16)26)23(30)15-35-18-9-10-21(29(32)33)22(13-18)34-3/h7-10,12-13,20H,4-6,11,14-15H2,1-3H3,(H,27,31)/t20-/m0/s1. The van der Waals surface area contributed by atoms with Crippen LogP contribution in [0.4, 0.5) is 5.69 Å². The van der Waals surface area contributed by atoms with Crippen LogP contribution in [0.3, 0.4) is 0 Å². The lowest BCUT2D eigenvalue weighted by Crippen LogP contribution is -2.50. The summed E-state index contributed by atoms with van der Waals surface area (Å²) in [6.45, 7) is 4.02. The molecule has 0 aliphatic rings. The number of nitro benzene ring substituents is 1. The molecule has 11 heteroatoms. The molecule has 0 heterocycles. The van der Waals surface area contributed by atoms with Gasteiger partial charge in [-0.2, -0.15) is 0 Å². The fourth-order valence-corrected chi connectivity index (χ4v) is 3.85. The van der Waals surface area contributed by atoms with Gasteiger partial charge in [0.25, 0.3) is 5.91 Å². The number of ether oxygens (including phenoxy) is 2. The quantitative estimate of drug-likeness (QED) is 0.223. The molecule has 0 saturated carbocycles. The molecule has 2 rings (SSSR count). The zero-order valence-corrected chi connectivity index (χ0v) is 21.4. The summed E-state index contributed by atoms with van der Waals surface area (Å²) in [6.07, 6.45) is 2.12. The predicted molar refractivity (Wildman–Crippen MR) is 134 cm³/mol. The first-order valence-electron chi connectivity index (χ1n) is 11.2. The summed E-state index contributed by atoms with van der Waals surface area (Å²) < 4.78 is 10.6. The van der Waals surface area contributed by atoms with E-state index < -0.39 is 23.5 Å². The van der Waals surface area contributed by atoms with Crippen LogP contribution in [0.1, 0.15) is 38.7 Å². The van der Waals surface area contributed by atoms with Crippen LogP contribution in [-0.2, 0) is 16.1 Å². The van der Waals surface area contributed by atoms with Gasteiger partial charge in [-0.1, -0.05) is 49.5 Å². The van der Waals surface area contributed by atoms with Gasteiger partial charge in [-0.15, -0.1) is 0 Å². The van der Waals surface area contributed by atoms with E-state index in [0.29, 0.717) is 28.6 Å². The number of halogens is 2. The van der Waals surface area contributed by atoms with Gasteiger partial charge < -0.3 is 19.7 Å². The van der Waals surface area contributed by atoms with Crippen LogP contribution in [0.25, 0.3) is 0 Å². The summed E-state index contributed by atoms with van der Waals surface area (Å²) in [5, 5.41) is 14.8. The number of amides is 2. The molecule has 0 aliphatic carbocycles. The average molecular weight is 526 g/mol. The van der Waals surface area contributed by atoms with Crippen molar-refractivity contribution in [1.29, 1.82) is 0 Å². The number of nitrogens with one attached hydrogen (secondary N) is 1. The minimum atomic E-state index is -0.749. The van der Waals surface area contributed by atoms with Gasteiger partial charge in [0.2, 0.25) is 11.7 Å². The predicted octanol–water partition coefficient (Wildman–Crippen LogP) is 5.01. The molecule has 0 saturated heterocycles. The monoisotopic (exact) mass is 525 g/mol. The molecule has 1 atom stereocenters. The third kappa shape index (κ3) is 8.00. The molecular weight excluding hydrogens is 497 g/mol. The average Bonchev–Trinajstić information content (AvgIpc) is 2.83. The number of carbonyl (C=O) groups is 2. The number of benzene rings is 2. The number of unbranched alkanes of at least 4 members (excludes halogenated alkanes) is 1. The second kappa shape index (κ2) is 13.7. The Balaban J connectivity index is 2.26. The van der Waals surface area contributed by atoms with E-state index in [-0.39, 0.29) is 29.6 Å². The fourth-order valence-electron chi connectivity index (χ4n) is 3.39. The molecule has 0 spiro atoms. The van der Waals surface area contributed by atoms with Crippen LogP contribution in [0.5, 0.6) is 11.5 Å². The maximum Gasteiger partial charge on any atom is 0.311 e. The first-order valence-corrected chi connectivity index (χ1v) is 11.9. The number of nitrogens with zero attached hydrogens (tertiary/aromatic N) is 2. The molecule has 35 heavy (non-hydrogen) atoms. The summed E-state index contributed by atoms with van der Waals surface area (Å²) in [6, 6.07) is 8.13. The summed E-state index contributed by atoms with van der Waals surface area (Å²) in [5.74, 6) is -0.501. The number of hydrogen-bond acceptors (Lipinski definition) is 6. The number of methoxy groups -OCH3 is 1. The zero-order chi connectivity index (χ0) is 26.0. The van der Waals surface area contributed by atoms with E-state index in [1.54, 1.807) is 18.2 Å². The fraction of sp³-hybridized carbons (Fsp3) is 0.417. The molecule has 2 amide bonds. The van der Waals surface area contributed by atoms with Gasteiger partial charge in [-0.25, -0.2) is 0 Å². The van der Waals surface area contributed by atoms with E-state index >= 15 is 0 Å². The molecule has 9 nitrogen and oxygen atoms in total. The maximum absolute atomic E-state index is 13.3. The highest BCUT2D eigenvalue weighted by Gasteiger charge is 2.29. The minimum absolute atomic E-state index is 0.00601. The molecular formula is C24H29Cl2N3O6. The van der Waals surface area contributed by atoms with Crippen molar-refractivity contribution in [3.05, 3.63) is 62.1 Å². The van der Waals surface area contributed by atoms with Gasteiger partial charge in [0.15, 0.2) is 6.61 Å². The second-order valence-corrected chi connectivity index (χ2v) is 8.55. The van der Waals surface area contributed by atoms with Crippen LogP contribution in [0.15, 0.2) is 36.4 Å². The van der Waals surface area contributed by atoms with E-state index in [1.165, 1.54) is 30.2 Å². The number of hydrogen-bond donors (Lipinski definition) is 1. The third-order valence-electron chi connectivity index (χ3n) is 5.28. The first kappa shape index (κ1) is 28.2. The molecule has 1 N–H and O–H groups in total. The molecule has 190 valence electrons. The summed E-state index contributed by atoms with van der Waals surface area (Å²) >= 11 is 12.3. The van der Waals surface area contributed by atoms with E-state index in [4.69, 9.17) is 32.7 Å². The Hall–Kier alpha value is -3.04. The zero-order valence-electron chi connectivity index (χ0n) is 19.9. The Labute approximate surface area is 214 Å². The Bertz CT molecular complexity index is 1050. The van der Waals surface area contributed by atoms with Crippen LogP contribution in [0, 0.1) is 10.1 Å². The van der Waals surface area contributed by atoms with Gasteiger partial charge in [0, 0.05) is 35.3 Å². The Morgan fingerprint density at radius 2 is 1.91 bits per heavy atom. The van der Waals surface area contributed by atoms with Crippen LogP contribution in [0.2, 0.25) is 10.0 Å². The highest BCUT2D eigenvalue weighted by Crippen LogP contribution is 2.31. The molecule has 0 unspecified atom stereocenters. The van der Waals surface area contributed by atoms with Crippen molar-refractivity contribution in [3.8, 4) is 11.5 Å². The normalized spacial score (nSPS) is 11.5. The van der Waals surface area contributed by atoms with Crippen molar-refractivity contribution in [2.75, 3.05) is 20.3 Å². The molecule has 0 fully saturated rings. The van der Waals surface area contributed by atoms with Gasteiger partial charge in [0.05, 0.1) is 12.0 Å². The summed E-state index contributed by atoms with van der Waals surface area (Å²) in [5.41, 5.74) is 0.404. The van der Waals surface area contributed by atoms with E-state index in [1.807, 2.05) is 13.8 Å². The highest BCUT2D eigenvalue weighted by molar-refractivity contribution is 6.35. The molecule has 2 aromatic rings. The van der Waals surface area contributed by atoms with Crippen LogP contribution >= 0.6 is 23.2 Å². The Kier molecular flexibility index (Phi) is 11.1. The van der Waals surface area contributed by atoms with Gasteiger partial charge in [-0.3, -0.25) is 19.7 Å². The number of carbonyl (C=O) groups excluding carboxylic acids is 2. The topological polar surface area (TPSA) is 111 Å².